The van der Waals surface area contributed by atoms with Gasteiger partial charge in [-0.05, 0) is 52.7 Å². The molecule has 0 spiro atoms. The monoisotopic (exact) mass is 368 g/mol. The maximum Gasteiger partial charge on any atom is 0.525 e. The molecule has 1 saturated heterocycles. The zero-order chi connectivity index (χ0) is 19.5. The maximum absolute atomic E-state index is 15.4. The molecule has 0 aliphatic carbocycles. The molecule has 144 valence electrons. The predicted octanol–water partition coefficient (Wildman–Crippen LogP) is 4.57. The van der Waals surface area contributed by atoms with E-state index in [1.165, 1.54) is 19.2 Å². The minimum absolute atomic E-state index is 0.00864. The third-order valence-electron chi connectivity index (χ3n) is 4.95. The van der Waals surface area contributed by atoms with Gasteiger partial charge in [-0.3, -0.25) is 0 Å². The summed E-state index contributed by atoms with van der Waals surface area (Å²) in [6, 6.07) is 4.41. The molecule has 0 aromatic heterocycles. The Balaban J connectivity index is 2.48. The smallest absolute Gasteiger partial charge is 0.493 e. The van der Waals surface area contributed by atoms with Crippen LogP contribution in [0.15, 0.2) is 23.9 Å². The molecule has 0 bridgehead atoms. The second-order valence-corrected chi connectivity index (χ2v) is 7.18. The van der Waals surface area contributed by atoms with E-state index in [2.05, 4.69) is 0 Å². The molecule has 1 aliphatic rings. The van der Waals surface area contributed by atoms with Crippen molar-refractivity contribution < 1.29 is 27.6 Å². The van der Waals surface area contributed by atoms with E-state index in [0.29, 0.717) is 18.8 Å². The molecule has 4 nitrogen and oxygen atoms in total. The zero-order valence-corrected chi connectivity index (χ0v) is 16.3. The summed E-state index contributed by atoms with van der Waals surface area (Å²) < 4.78 is 51.7. The van der Waals surface area contributed by atoms with E-state index < -0.39 is 29.9 Å². The molecule has 7 heteroatoms. The molecule has 2 rings (SSSR count). The molecule has 0 N–H and O–H groups in total. The predicted molar refractivity (Wildman–Crippen MR) is 98.2 cm³/mol. The Morgan fingerprint density at radius 3 is 2.31 bits per heavy atom. The fourth-order valence-corrected chi connectivity index (χ4v) is 2.74. The number of methoxy groups -OCH3 is 1. The van der Waals surface area contributed by atoms with Crippen molar-refractivity contribution in [3.05, 3.63) is 35.3 Å². The maximum atomic E-state index is 15.4. The summed E-state index contributed by atoms with van der Waals surface area (Å²) in [4.78, 5) is 0. The van der Waals surface area contributed by atoms with Crippen molar-refractivity contribution in [2.24, 2.45) is 0 Å². The first-order chi connectivity index (χ1) is 12.1. The van der Waals surface area contributed by atoms with Crippen molar-refractivity contribution in [2.45, 2.75) is 52.2 Å². The average Bonchev–Trinajstić information content (AvgIpc) is 2.79. The highest BCUT2D eigenvalue weighted by molar-refractivity contribution is 6.55. The van der Waals surface area contributed by atoms with E-state index >= 15 is 4.39 Å². The van der Waals surface area contributed by atoms with Gasteiger partial charge in [0, 0.05) is 12.2 Å². The van der Waals surface area contributed by atoms with Gasteiger partial charge in [0.2, 0.25) is 0 Å². The number of benzene rings is 1. The van der Waals surface area contributed by atoms with Gasteiger partial charge in [-0.1, -0.05) is 12.1 Å². The minimum Gasteiger partial charge on any atom is -0.493 e. The Kier molecular flexibility index (Phi) is 6.48. The Bertz CT molecular complexity index is 658. The van der Waals surface area contributed by atoms with Gasteiger partial charge in [0.1, 0.15) is 5.73 Å². The van der Waals surface area contributed by atoms with E-state index in [9.17, 15) is 4.39 Å². The summed E-state index contributed by atoms with van der Waals surface area (Å²) in [6.45, 7) is 10.1. The fourth-order valence-electron chi connectivity index (χ4n) is 2.74. The Labute approximate surface area is 154 Å². The van der Waals surface area contributed by atoms with E-state index in [-0.39, 0.29) is 17.7 Å². The lowest BCUT2D eigenvalue weighted by atomic mass is 9.81. The van der Waals surface area contributed by atoms with Crippen LogP contribution < -0.4 is 4.74 Å². The number of rotatable bonds is 7. The lowest BCUT2D eigenvalue weighted by Gasteiger charge is -2.32. The summed E-state index contributed by atoms with van der Waals surface area (Å²) in [6.07, 6.45) is 0.240. The number of ether oxygens (including phenoxy) is 2. The van der Waals surface area contributed by atoms with E-state index in [4.69, 9.17) is 18.8 Å². The lowest BCUT2D eigenvalue weighted by Crippen LogP contribution is -2.41. The van der Waals surface area contributed by atoms with Gasteiger partial charge in [-0.2, -0.15) is 0 Å². The third kappa shape index (κ3) is 4.10. The van der Waals surface area contributed by atoms with Crippen molar-refractivity contribution in [1.29, 1.82) is 0 Å². The quantitative estimate of drug-likeness (QED) is 0.522. The highest BCUT2D eigenvalue weighted by Gasteiger charge is 2.53. The molecular weight excluding hydrogens is 341 g/mol. The molecule has 1 aromatic carbocycles. The minimum atomic E-state index is -1.16. The van der Waals surface area contributed by atoms with Crippen molar-refractivity contribution in [3.63, 3.8) is 0 Å². The average molecular weight is 368 g/mol. The molecule has 1 aliphatic heterocycles. The van der Waals surface area contributed by atoms with Crippen LogP contribution in [0, 0.1) is 5.82 Å². The van der Waals surface area contributed by atoms with Crippen LogP contribution >= 0.6 is 0 Å². The van der Waals surface area contributed by atoms with Gasteiger partial charge in [-0.15, -0.1) is 0 Å². The van der Waals surface area contributed by atoms with Crippen LogP contribution in [0.25, 0.3) is 5.57 Å². The molecule has 0 unspecified atom stereocenters. The van der Waals surface area contributed by atoms with Crippen LogP contribution in [0.2, 0.25) is 0 Å². The highest BCUT2D eigenvalue weighted by atomic mass is 19.1. The molecule has 0 radical (unpaired) electrons. The molecule has 0 saturated carbocycles. The first-order valence-electron chi connectivity index (χ1n) is 8.79. The van der Waals surface area contributed by atoms with Crippen molar-refractivity contribution >= 4 is 12.7 Å². The van der Waals surface area contributed by atoms with Crippen molar-refractivity contribution in [1.82, 2.24) is 0 Å². The normalized spacial score (nSPS) is 19.5. The first-order valence-corrected chi connectivity index (χ1v) is 8.79. The van der Waals surface area contributed by atoms with Crippen LogP contribution in [0.3, 0.4) is 0 Å². The van der Waals surface area contributed by atoms with Crippen LogP contribution in [0.5, 0.6) is 5.75 Å². The Morgan fingerprint density at radius 1 is 1.15 bits per heavy atom. The molecule has 0 amide bonds. The Morgan fingerprint density at radius 2 is 1.77 bits per heavy atom. The molecule has 1 aromatic rings. The molecule has 1 fully saturated rings. The Hall–Kier alpha value is -1.44. The first kappa shape index (κ1) is 20.9. The molecular formula is C19H27BF2O4. The topological polar surface area (TPSA) is 36.9 Å². The van der Waals surface area contributed by atoms with Crippen LogP contribution in [-0.2, 0) is 14.0 Å². The van der Waals surface area contributed by atoms with Crippen molar-refractivity contribution in [3.8, 4) is 5.75 Å². The van der Waals surface area contributed by atoms with Gasteiger partial charge in [0.25, 0.3) is 0 Å². The third-order valence-corrected chi connectivity index (χ3v) is 4.95. The van der Waals surface area contributed by atoms with Crippen LogP contribution in [-0.4, -0.2) is 38.6 Å². The van der Waals surface area contributed by atoms with E-state index in [0.717, 1.165) is 0 Å². The summed E-state index contributed by atoms with van der Waals surface area (Å²) in [5.74, 6) is -0.564. The van der Waals surface area contributed by atoms with Gasteiger partial charge < -0.3 is 18.8 Å². The standard InChI is InChI=1S/C19H27BF2O4/c1-7-24-12-11-14(13-9-8-10-15(21)16(13)23-6)17(22)20-25-18(2,3)19(4,5)26-20/h8-10H,7,11-12H2,1-6H3. The highest BCUT2D eigenvalue weighted by Crippen LogP contribution is 2.42. The zero-order valence-electron chi connectivity index (χ0n) is 16.3. The number of para-hydroxylation sites is 1. The largest absolute Gasteiger partial charge is 0.525 e. The summed E-state index contributed by atoms with van der Waals surface area (Å²) in [5, 5.41) is 0. The van der Waals surface area contributed by atoms with E-state index in [1.807, 2.05) is 34.6 Å². The van der Waals surface area contributed by atoms with Gasteiger partial charge in [-0.25, -0.2) is 8.78 Å². The lowest BCUT2D eigenvalue weighted by molar-refractivity contribution is 0.00578. The second-order valence-electron chi connectivity index (χ2n) is 7.18. The molecule has 26 heavy (non-hydrogen) atoms. The number of halogens is 2. The molecule has 1 heterocycles. The second kappa shape index (κ2) is 8.07. The molecule has 0 atom stereocenters. The number of hydrogen-bond donors (Lipinski definition) is 0. The van der Waals surface area contributed by atoms with Crippen molar-refractivity contribution in [2.75, 3.05) is 20.3 Å². The van der Waals surface area contributed by atoms with Gasteiger partial charge in [0.05, 0.1) is 24.9 Å². The number of hydrogen-bond acceptors (Lipinski definition) is 4. The van der Waals surface area contributed by atoms with E-state index in [1.54, 1.807) is 6.07 Å². The summed E-state index contributed by atoms with van der Waals surface area (Å²) in [5.41, 5.74) is -1.35. The van der Waals surface area contributed by atoms with Crippen LogP contribution in [0.4, 0.5) is 8.78 Å². The SMILES string of the molecule is CCOCCC(=C(F)B1OC(C)(C)C(C)(C)O1)c1cccc(F)c1OC. The summed E-state index contributed by atoms with van der Waals surface area (Å²) >= 11 is 0. The van der Waals surface area contributed by atoms with Crippen LogP contribution in [0.1, 0.15) is 46.6 Å². The van der Waals surface area contributed by atoms with Gasteiger partial charge in [0.15, 0.2) is 11.6 Å². The summed E-state index contributed by atoms with van der Waals surface area (Å²) in [7, 11) is 0.194. The fraction of sp³-hybridized carbons (Fsp3) is 0.579. The van der Waals surface area contributed by atoms with Gasteiger partial charge >= 0.3 is 7.12 Å².